The van der Waals surface area contributed by atoms with Crippen molar-refractivity contribution in [3.8, 4) is 28.5 Å². The Morgan fingerprint density at radius 2 is 1.76 bits per heavy atom. The SMILES string of the molecule is CC(=O)Nc1cncc(-c2ccc3ncc4[nH]nc(-c5ccc(C(C)(C)C#N)cc5)c4c3c2)c1. The number of fused-ring (bicyclic) bond motifs is 3. The number of aromatic amines is 1. The predicted molar refractivity (Wildman–Crippen MR) is 133 cm³/mol. The van der Waals surface area contributed by atoms with E-state index in [4.69, 9.17) is 0 Å². The molecule has 0 saturated heterocycles. The molecule has 0 fully saturated rings. The lowest BCUT2D eigenvalue weighted by molar-refractivity contribution is -0.114. The molecule has 5 aromatic rings. The van der Waals surface area contributed by atoms with Crippen LogP contribution in [0.25, 0.3) is 44.2 Å². The van der Waals surface area contributed by atoms with Gasteiger partial charge in [-0.3, -0.25) is 19.9 Å². The van der Waals surface area contributed by atoms with Gasteiger partial charge in [0.1, 0.15) is 5.69 Å². The number of hydrogen-bond acceptors (Lipinski definition) is 5. The highest BCUT2D eigenvalue weighted by atomic mass is 16.1. The van der Waals surface area contributed by atoms with Crippen LogP contribution in [0.15, 0.2) is 67.1 Å². The Morgan fingerprint density at radius 3 is 2.50 bits per heavy atom. The number of nitrogens with one attached hydrogen (secondary N) is 2. The highest BCUT2D eigenvalue weighted by Crippen LogP contribution is 2.35. The van der Waals surface area contributed by atoms with E-state index in [1.54, 1.807) is 18.6 Å². The second kappa shape index (κ2) is 8.09. The lowest BCUT2D eigenvalue weighted by Gasteiger charge is -2.15. The largest absolute Gasteiger partial charge is 0.325 e. The average molecular weight is 447 g/mol. The average Bonchev–Trinajstić information content (AvgIpc) is 3.28. The standard InChI is InChI=1S/C27H22N6O/c1-16(34)31-21-10-19(12-29-13-21)18-6-9-23-22(11-18)25-24(14-30-23)32-33-26(25)17-4-7-20(8-5-17)27(2,3)15-28/h4-14H,1-3H3,(H,31,34)(H,32,33). The van der Waals surface area contributed by atoms with E-state index in [1.165, 1.54) is 6.92 Å². The van der Waals surface area contributed by atoms with E-state index in [-0.39, 0.29) is 5.91 Å². The van der Waals surface area contributed by atoms with E-state index < -0.39 is 5.41 Å². The number of carbonyl (C=O) groups is 1. The van der Waals surface area contributed by atoms with Gasteiger partial charge >= 0.3 is 0 Å². The van der Waals surface area contributed by atoms with Crippen LogP contribution in [0.5, 0.6) is 0 Å². The normalized spacial score (nSPS) is 11.5. The molecule has 0 atom stereocenters. The minimum absolute atomic E-state index is 0.143. The van der Waals surface area contributed by atoms with Crippen LogP contribution in [0.3, 0.4) is 0 Å². The third-order valence-corrected chi connectivity index (χ3v) is 5.94. The molecule has 2 aromatic carbocycles. The molecule has 0 aliphatic heterocycles. The number of H-pyrrole nitrogens is 1. The number of nitrogens with zero attached hydrogens (tertiary/aromatic N) is 4. The maximum absolute atomic E-state index is 11.4. The Kier molecular flexibility index (Phi) is 5.06. The van der Waals surface area contributed by atoms with Gasteiger partial charge in [-0.2, -0.15) is 10.4 Å². The zero-order chi connectivity index (χ0) is 23.9. The fraction of sp³-hybridized carbons (Fsp3) is 0.148. The molecule has 34 heavy (non-hydrogen) atoms. The summed E-state index contributed by atoms with van der Waals surface area (Å²) >= 11 is 0. The minimum atomic E-state index is -0.558. The quantitative estimate of drug-likeness (QED) is 0.374. The van der Waals surface area contributed by atoms with Gasteiger partial charge in [0.05, 0.1) is 40.6 Å². The van der Waals surface area contributed by atoms with Crippen LogP contribution in [0.4, 0.5) is 5.69 Å². The molecule has 166 valence electrons. The predicted octanol–water partition coefficient (Wildman–Crippen LogP) is 5.60. The molecule has 0 bridgehead atoms. The maximum Gasteiger partial charge on any atom is 0.221 e. The van der Waals surface area contributed by atoms with E-state index in [9.17, 15) is 10.1 Å². The molecule has 0 unspecified atom stereocenters. The molecule has 5 rings (SSSR count). The molecular formula is C27H22N6O. The topological polar surface area (TPSA) is 107 Å². The van der Waals surface area contributed by atoms with Crippen LogP contribution in [0.2, 0.25) is 0 Å². The van der Waals surface area contributed by atoms with Crippen LogP contribution in [-0.4, -0.2) is 26.1 Å². The molecule has 2 N–H and O–H groups in total. The molecule has 0 saturated carbocycles. The third-order valence-electron chi connectivity index (χ3n) is 5.94. The number of rotatable bonds is 4. The molecule has 0 aliphatic carbocycles. The highest BCUT2D eigenvalue weighted by molar-refractivity contribution is 6.11. The van der Waals surface area contributed by atoms with Crippen molar-refractivity contribution in [1.29, 1.82) is 5.26 Å². The van der Waals surface area contributed by atoms with E-state index in [2.05, 4.69) is 37.6 Å². The number of hydrogen-bond donors (Lipinski definition) is 2. The molecule has 0 aliphatic rings. The molecule has 0 spiro atoms. The number of carbonyl (C=O) groups excluding carboxylic acids is 1. The van der Waals surface area contributed by atoms with Gasteiger partial charge in [-0.1, -0.05) is 30.3 Å². The number of benzene rings is 2. The molecule has 7 nitrogen and oxygen atoms in total. The maximum atomic E-state index is 11.4. The zero-order valence-corrected chi connectivity index (χ0v) is 19.0. The summed E-state index contributed by atoms with van der Waals surface area (Å²) in [6.07, 6.45) is 5.18. The molecule has 1 amide bonds. The lowest BCUT2D eigenvalue weighted by Crippen LogP contribution is -2.13. The Hall–Kier alpha value is -4.57. The first-order chi connectivity index (χ1) is 16.4. The molecule has 0 radical (unpaired) electrons. The summed E-state index contributed by atoms with van der Waals surface area (Å²) in [5, 5.41) is 21.8. The molecular weight excluding hydrogens is 424 g/mol. The van der Waals surface area contributed by atoms with Crippen LogP contribution < -0.4 is 5.32 Å². The monoisotopic (exact) mass is 446 g/mol. The number of anilines is 1. The molecule has 3 heterocycles. The molecule has 7 heteroatoms. The number of pyridine rings is 2. The summed E-state index contributed by atoms with van der Waals surface area (Å²) in [7, 11) is 0. The van der Waals surface area contributed by atoms with Crippen molar-refractivity contribution in [3.05, 3.63) is 72.7 Å². The summed E-state index contributed by atoms with van der Waals surface area (Å²) in [5.74, 6) is -0.143. The minimum Gasteiger partial charge on any atom is -0.325 e. The van der Waals surface area contributed by atoms with Crippen molar-refractivity contribution in [2.45, 2.75) is 26.2 Å². The third kappa shape index (κ3) is 3.76. The number of nitriles is 1. The summed E-state index contributed by atoms with van der Waals surface area (Å²) < 4.78 is 0. The first-order valence-corrected chi connectivity index (χ1v) is 10.9. The second-order valence-corrected chi connectivity index (χ2v) is 8.81. The van der Waals surface area contributed by atoms with Gasteiger partial charge in [-0.05, 0) is 43.2 Å². The molecule has 3 aromatic heterocycles. The van der Waals surface area contributed by atoms with Crippen molar-refractivity contribution >= 4 is 33.4 Å². The van der Waals surface area contributed by atoms with Gasteiger partial charge in [0.15, 0.2) is 0 Å². The number of amides is 1. The van der Waals surface area contributed by atoms with Crippen LogP contribution >= 0.6 is 0 Å². The Balaban J connectivity index is 1.64. The van der Waals surface area contributed by atoms with Gasteiger partial charge in [0.25, 0.3) is 0 Å². The number of aromatic nitrogens is 4. The zero-order valence-electron chi connectivity index (χ0n) is 19.0. The van der Waals surface area contributed by atoms with Crippen molar-refractivity contribution < 1.29 is 4.79 Å². The van der Waals surface area contributed by atoms with Gasteiger partial charge < -0.3 is 5.32 Å². The first kappa shape index (κ1) is 21.3. The van der Waals surface area contributed by atoms with Crippen molar-refractivity contribution in [1.82, 2.24) is 20.2 Å². The van der Waals surface area contributed by atoms with Crippen molar-refractivity contribution in [3.63, 3.8) is 0 Å². The Labute approximate surface area is 196 Å². The highest BCUT2D eigenvalue weighted by Gasteiger charge is 2.20. The van der Waals surface area contributed by atoms with E-state index in [0.29, 0.717) is 5.69 Å². The lowest BCUT2D eigenvalue weighted by atomic mass is 9.86. The fourth-order valence-corrected chi connectivity index (χ4v) is 4.07. The Bertz CT molecular complexity index is 1590. The van der Waals surface area contributed by atoms with Gasteiger partial charge in [-0.25, -0.2) is 0 Å². The van der Waals surface area contributed by atoms with Crippen LogP contribution in [0, 0.1) is 11.3 Å². The summed E-state index contributed by atoms with van der Waals surface area (Å²) in [6.45, 7) is 5.28. The fourth-order valence-electron chi connectivity index (χ4n) is 4.07. The summed E-state index contributed by atoms with van der Waals surface area (Å²) in [4.78, 5) is 20.3. The van der Waals surface area contributed by atoms with E-state index in [0.717, 1.165) is 49.8 Å². The first-order valence-electron chi connectivity index (χ1n) is 10.9. The summed E-state index contributed by atoms with van der Waals surface area (Å²) in [5.41, 5.74) is 6.36. The van der Waals surface area contributed by atoms with Gasteiger partial charge in [0, 0.05) is 35.0 Å². The van der Waals surface area contributed by atoms with Crippen LogP contribution in [-0.2, 0) is 10.2 Å². The Morgan fingerprint density at radius 1 is 1.00 bits per heavy atom. The van der Waals surface area contributed by atoms with Crippen molar-refractivity contribution in [2.24, 2.45) is 0 Å². The smallest absolute Gasteiger partial charge is 0.221 e. The van der Waals surface area contributed by atoms with Gasteiger partial charge in [0.2, 0.25) is 5.91 Å². The second-order valence-electron chi connectivity index (χ2n) is 8.81. The van der Waals surface area contributed by atoms with Gasteiger partial charge in [-0.15, -0.1) is 0 Å². The van der Waals surface area contributed by atoms with E-state index >= 15 is 0 Å². The van der Waals surface area contributed by atoms with Crippen LogP contribution in [0.1, 0.15) is 26.3 Å². The van der Waals surface area contributed by atoms with E-state index in [1.807, 2.05) is 56.3 Å². The van der Waals surface area contributed by atoms with Crippen molar-refractivity contribution in [2.75, 3.05) is 5.32 Å². The summed E-state index contributed by atoms with van der Waals surface area (Å²) in [6, 6.07) is 18.2.